The Balaban J connectivity index is 1.83. The number of piperidine rings is 1. The Labute approximate surface area is 113 Å². The van der Waals surface area contributed by atoms with E-state index in [-0.39, 0.29) is 12.1 Å². The van der Waals surface area contributed by atoms with E-state index in [9.17, 15) is 9.59 Å². The second-order valence-electron chi connectivity index (χ2n) is 5.49. The second-order valence-corrected chi connectivity index (χ2v) is 5.49. The van der Waals surface area contributed by atoms with Gasteiger partial charge in [-0.05, 0) is 26.2 Å². The first kappa shape index (κ1) is 14.1. The van der Waals surface area contributed by atoms with E-state index in [1.54, 1.807) is 4.90 Å². The molecule has 0 aromatic rings. The fourth-order valence-corrected chi connectivity index (χ4v) is 2.71. The number of urea groups is 1. The van der Waals surface area contributed by atoms with E-state index in [0.717, 1.165) is 19.4 Å². The van der Waals surface area contributed by atoms with E-state index in [1.165, 1.54) is 0 Å². The van der Waals surface area contributed by atoms with Crippen LogP contribution >= 0.6 is 0 Å². The molecule has 6 nitrogen and oxygen atoms in total. The third-order valence-corrected chi connectivity index (χ3v) is 4.08. The van der Waals surface area contributed by atoms with Gasteiger partial charge in [0.25, 0.3) is 0 Å². The molecule has 3 atom stereocenters. The van der Waals surface area contributed by atoms with Crippen LogP contribution in [0.4, 0.5) is 4.79 Å². The van der Waals surface area contributed by atoms with E-state index in [1.807, 2.05) is 6.92 Å². The summed E-state index contributed by atoms with van der Waals surface area (Å²) < 4.78 is 5.31. The number of ether oxygens (including phenoxy) is 1. The molecule has 2 fully saturated rings. The molecule has 2 unspecified atom stereocenters. The number of aliphatic carboxylic acids is 1. The number of carbonyl (C=O) groups excluding carboxylic acids is 1. The van der Waals surface area contributed by atoms with Crippen LogP contribution in [0.3, 0.4) is 0 Å². The number of carboxylic acids is 1. The second kappa shape index (κ2) is 6.23. The van der Waals surface area contributed by atoms with Gasteiger partial charge in [0.15, 0.2) is 0 Å². The molecule has 2 rings (SSSR count). The van der Waals surface area contributed by atoms with Gasteiger partial charge in [-0.2, -0.15) is 0 Å². The van der Waals surface area contributed by atoms with Crippen molar-refractivity contribution >= 4 is 12.0 Å². The molecule has 0 aromatic carbocycles. The number of hydrogen-bond donors (Lipinski definition) is 2. The summed E-state index contributed by atoms with van der Waals surface area (Å²) in [6.45, 7) is 4.39. The van der Waals surface area contributed by atoms with E-state index in [0.29, 0.717) is 32.0 Å². The summed E-state index contributed by atoms with van der Waals surface area (Å²) in [5.74, 6) is -0.872. The van der Waals surface area contributed by atoms with E-state index >= 15 is 0 Å². The van der Waals surface area contributed by atoms with Crippen LogP contribution in [-0.4, -0.2) is 54.4 Å². The Morgan fingerprint density at radius 3 is 2.84 bits per heavy atom. The topological polar surface area (TPSA) is 78.9 Å². The molecule has 2 heterocycles. The van der Waals surface area contributed by atoms with Crippen molar-refractivity contribution in [2.75, 3.05) is 26.3 Å². The van der Waals surface area contributed by atoms with Crippen molar-refractivity contribution in [1.82, 2.24) is 10.2 Å². The highest BCUT2D eigenvalue weighted by atomic mass is 16.5. The minimum absolute atomic E-state index is 0.0696. The third kappa shape index (κ3) is 3.59. The molecule has 6 heteroatoms. The number of carbonyl (C=O) groups is 2. The van der Waals surface area contributed by atoms with Crippen molar-refractivity contribution in [3.05, 3.63) is 0 Å². The molecule has 19 heavy (non-hydrogen) atoms. The van der Waals surface area contributed by atoms with E-state index < -0.39 is 11.9 Å². The van der Waals surface area contributed by atoms with Gasteiger partial charge in [0.05, 0.1) is 12.5 Å². The average molecular weight is 270 g/mol. The molecule has 0 saturated carbocycles. The summed E-state index contributed by atoms with van der Waals surface area (Å²) in [5.41, 5.74) is 0. The van der Waals surface area contributed by atoms with E-state index in [2.05, 4.69) is 5.32 Å². The van der Waals surface area contributed by atoms with Crippen molar-refractivity contribution in [2.24, 2.45) is 11.8 Å². The molecule has 2 aliphatic heterocycles. The van der Waals surface area contributed by atoms with Crippen molar-refractivity contribution in [1.29, 1.82) is 0 Å². The zero-order valence-electron chi connectivity index (χ0n) is 11.3. The quantitative estimate of drug-likeness (QED) is 0.799. The number of amides is 2. The maximum absolute atomic E-state index is 12.1. The molecular weight excluding hydrogens is 248 g/mol. The number of rotatable bonds is 3. The van der Waals surface area contributed by atoms with Gasteiger partial charge in [0.2, 0.25) is 0 Å². The lowest BCUT2D eigenvalue weighted by Gasteiger charge is -2.32. The largest absolute Gasteiger partial charge is 0.481 e. The SMILES string of the molecule is CC(NC(=O)N1CCC[C@@H](C(=O)O)C1)C1CCOC1. The Hall–Kier alpha value is -1.30. The molecule has 0 spiro atoms. The highest BCUT2D eigenvalue weighted by Crippen LogP contribution is 2.19. The molecule has 0 bridgehead atoms. The standard InChI is InChI=1S/C13H22N2O4/c1-9(11-4-6-19-8-11)14-13(18)15-5-2-3-10(7-15)12(16)17/h9-11H,2-8H2,1H3,(H,14,18)(H,16,17)/t9?,10-,11?/m1/s1. The predicted molar refractivity (Wildman–Crippen MR) is 68.9 cm³/mol. The Morgan fingerprint density at radius 2 is 2.21 bits per heavy atom. The third-order valence-electron chi connectivity index (χ3n) is 4.08. The first-order valence-electron chi connectivity index (χ1n) is 6.94. The van der Waals surface area contributed by atoms with Crippen molar-refractivity contribution in [2.45, 2.75) is 32.2 Å². The maximum atomic E-state index is 12.1. The van der Waals surface area contributed by atoms with Gasteiger partial charge >= 0.3 is 12.0 Å². The summed E-state index contributed by atoms with van der Waals surface area (Å²) in [7, 11) is 0. The lowest BCUT2D eigenvalue weighted by atomic mass is 9.98. The highest BCUT2D eigenvalue weighted by molar-refractivity contribution is 5.76. The van der Waals surface area contributed by atoms with Crippen LogP contribution in [0, 0.1) is 11.8 Å². The Kier molecular flexibility index (Phi) is 4.63. The summed E-state index contributed by atoms with van der Waals surface area (Å²) in [6, 6.07) is -0.0782. The molecule has 0 aliphatic carbocycles. The summed E-state index contributed by atoms with van der Waals surface area (Å²) in [5, 5.41) is 12.0. The van der Waals surface area contributed by atoms with Crippen LogP contribution < -0.4 is 5.32 Å². The van der Waals surface area contributed by atoms with Crippen molar-refractivity contribution < 1.29 is 19.4 Å². The first-order chi connectivity index (χ1) is 9.08. The summed E-state index contributed by atoms with van der Waals surface area (Å²) in [6.07, 6.45) is 2.38. The van der Waals surface area contributed by atoms with E-state index in [4.69, 9.17) is 9.84 Å². The molecular formula is C13H22N2O4. The highest BCUT2D eigenvalue weighted by Gasteiger charge is 2.30. The fraction of sp³-hybridized carbons (Fsp3) is 0.846. The smallest absolute Gasteiger partial charge is 0.317 e. The summed E-state index contributed by atoms with van der Waals surface area (Å²) >= 11 is 0. The minimum Gasteiger partial charge on any atom is -0.481 e. The Morgan fingerprint density at radius 1 is 1.42 bits per heavy atom. The minimum atomic E-state index is -0.810. The number of likely N-dealkylation sites (tertiary alicyclic amines) is 1. The average Bonchev–Trinajstić information content (AvgIpc) is 2.92. The van der Waals surface area contributed by atoms with Crippen LogP contribution in [0.25, 0.3) is 0 Å². The van der Waals surface area contributed by atoms with Gasteiger partial charge in [-0.25, -0.2) is 4.79 Å². The molecule has 2 aliphatic rings. The lowest BCUT2D eigenvalue weighted by Crippen LogP contribution is -2.50. The van der Waals surface area contributed by atoms with Gasteiger partial charge in [0.1, 0.15) is 0 Å². The zero-order valence-corrected chi connectivity index (χ0v) is 11.3. The molecule has 2 amide bonds. The maximum Gasteiger partial charge on any atom is 0.317 e. The van der Waals surface area contributed by atoms with Crippen LogP contribution in [0.15, 0.2) is 0 Å². The normalized spacial score (nSPS) is 29.0. The van der Waals surface area contributed by atoms with Crippen molar-refractivity contribution in [3.8, 4) is 0 Å². The van der Waals surface area contributed by atoms with Crippen molar-refractivity contribution in [3.63, 3.8) is 0 Å². The fourth-order valence-electron chi connectivity index (χ4n) is 2.71. The molecule has 2 N–H and O–H groups in total. The monoisotopic (exact) mass is 270 g/mol. The van der Waals surface area contributed by atoms with Crippen LogP contribution in [0.1, 0.15) is 26.2 Å². The number of nitrogens with zero attached hydrogens (tertiary/aromatic N) is 1. The number of carboxylic acid groups (broad SMARTS) is 1. The van der Waals surface area contributed by atoms with Gasteiger partial charge in [0, 0.05) is 31.7 Å². The van der Waals surface area contributed by atoms with Crippen LogP contribution in [0.2, 0.25) is 0 Å². The summed E-state index contributed by atoms with van der Waals surface area (Å²) in [4.78, 5) is 24.7. The van der Waals surface area contributed by atoms with Gasteiger partial charge in [-0.1, -0.05) is 0 Å². The van der Waals surface area contributed by atoms with Gasteiger partial charge < -0.3 is 20.1 Å². The molecule has 108 valence electrons. The Bertz CT molecular complexity index is 342. The van der Waals surface area contributed by atoms with Gasteiger partial charge in [-0.3, -0.25) is 4.79 Å². The molecule has 0 radical (unpaired) electrons. The number of hydrogen-bond acceptors (Lipinski definition) is 3. The molecule has 0 aromatic heterocycles. The zero-order chi connectivity index (χ0) is 13.8. The first-order valence-corrected chi connectivity index (χ1v) is 6.94. The van der Waals surface area contributed by atoms with Crippen LogP contribution in [-0.2, 0) is 9.53 Å². The van der Waals surface area contributed by atoms with Crippen LogP contribution in [0.5, 0.6) is 0 Å². The number of nitrogens with one attached hydrogen (secondary N) is 1. The molecule has 2 saturated heterocycles. The predicted octanol–water partition coefficient (Wildman–Crippen LogP) is 0.918. The lowest BCUT2D eigenvalue weighted by molar-refractivity contribution is -0.143. The van der Waals surface area contributed by atoms with Gasteiger partial charge in [-0.15, -0.1) is 0 Å².